The van der Waals surface area contributed by atoms with E-state index in [1.807, 2.05) is 4.90 Å². The fourth-order valence-electron chi connectivity index (χ4n) is 3.86. The summed E-state index contributed by atoms with van der Waals surface area (Å²) in [6.07, 6.45) is 6.53. The third-order valence-electron chi connectivity index (χ3n) is 4.57. The van der Waals surface area contributed by atoms with Gasteiger partial charge in [-0.05, 0) is 31.6 Å². The van der Waals surface area contributed by atoms with Crippen LogP contribution < -0.4 is 0 Å². The van der Waals surface area contributed by atoms with E-state index in [9.17, 15) is 9.59 Å². The molecule has 1 aliphatic carbocycles. The van der Waals surface area contributed by atoms with Crippen molar-refractivity contribution >= 4 is 11.7 Å². The second-order valence-electron chi connectivity index (χ2n) is 5.12. The van der Waals surface area contributed by atoms with Crippen molar-refractivity contribution < 1.29 is 9.59 Å². The lowest BCUT2D eigenvalue weighted by Crippen LogP contribution is -2.52. The van der Waals surface area contributed by atoms with Crippen LogP contribution in [0.25, 0.3) is 0 Å². The van der Waals surface area contributed by atoms with E-state index in [2.05, 4.69) is 0 Å². The molecule has 0 N–H and O–H groups in total. The monoisotopic (exact) mass is 207 g/mol. The van der Waals surface area contributed by atoms with E-state index in [1.54, 1.807) is 0 Å². The third kappa shape index (κ3) is 1.06. The average molecular weight is 207 g/mol. The minimum absolute atomic E-state index is 0.220. The van der Waals surface area contributed by atoms with Crippen LogP contribution in [-0.2, 0) is 9.59 Å². The van der Waals surface area contributed by atoms with E-state index >= 15 is 0 Å². The highest BCUT2D eigenvalue weighted by Gasteiger charge is 2.58. The van der Waals surface area contributed by atoms with Crippen molar-refractivity contribution in [3.05, 3.63) is 0 Å². The number of nitrogens with zero attached hydrogens (tertiary/aromatic N) is 1. The van der Waals surface area contributed by atoms with E-state index in [0.717, 1.165) is 32.2 Å². The molecule has 0 bridgehead atoms. The predicted octanol–water partition coefficient (Wildman–Crippen LogP) is 1.51. The molecule has 3 rings (SSSR count). The molecule has 0 radical (unpaired) electrons. The Morgan fingerprint density at radius 1 is 1.13 bits per heavy atom. The zero-order valence-electron chi connectivity index (χ0n) is 9.00. The number of carbonyl (C=O) groups is 2. The van der Waals surface area contributed by atoms with Gasteiger partial charge in [0.25, 0.3) is 0 Å². The molecule has 1 spiro atoms. The first-order chi connectivity index (χ1) is 7.25. The third-order valence-corrected chi connectivity index (χ3v) is 4.57. The van der Waals surface area contributed by atoms with Gasteiger partial charge < -0.3 is 4.90 Å². The molecule has 1 amide bonds. The highest BCUT2D eigenvalue weighted by Crippen LogP contribution is 2.48. The van der Waals surface area contributed by atoms with Crippen LogP contribution in [0.15, 0.2) is 0 Å². The van der Waals surface area contributed by atoms with Crippen molar-refractivity contribution in [3.8, 4) is 0 Å². The molecular weight excluding hydrogens is 190 g/mol. The SMILES string of the molecule is O=C1CC[C@]23C(=O)CC[C@@H]2CCCCN13. The molecule has 0 aromatic carbocycles. The van der Waals surface area contributed by atoms with Crippen LogP contribution in [0.2, 0.25) is 0 Å². The fourth-order valence-corrected chi connectivity index (χ4v) is 3.86. The molecule has 82 valence electrons. The van der Waals surface area contributed by atoms with Crippen LogP contribution in [0.3, 0.4) is 0 Å². The lowest BCUT2D eigenvalue weighted by Gasteiger charge is -2.36. The molecule has 0 unspecified atom stereocenters. The Labute approximate surface area is 89.8 Å². The summed E-state index contributed by atoms with van der Waals surface area (Å²) in [5.74, 6) is 1.04. The fraction of sp³-hybridized carbons (Fsp3) is 0.833. The Bertz CT molecular complexity index is 326. The molecule has 2 atom stereocenters. The average Bonchev–Trinajstić information content (AvgIpc) is 2.65. The summed E-state index contributed by atoms with van der Waals surface area (Å²) in [5, 5.41) is 0. The van der Waals surface area contributed by atoms with E-state index in [1.165, 1.54) is 6.42 Å². The highest BCUT2D eigenvalue weighted by molar-refractivity contribution is 5.98. The van der Waals surface area contributed by atoms with Gasteiger partial charge in [-0.1, -0.05) is 6.42 Å². The summed E-state index contributed by atoms with van der Waals surface area (Å²) >= 11 is 0. The van der Waals surface area contributed by atoms with Crippen LogP contribution in [0, 0.1) is 5.92 Å². The van der Waals surface area contributed by atoms with Crippen molar-refractivity contribution in [1.82, 2.24) is 4.90 Å². The summed E-state index contributed by atoms with van der Waals surface area (Å²) in [4.78, 5) is 25.9. The topological polar surface area (TPSA) is 37.4 Å². The maximum absolute atomic E-state index is 12.1. The van der Waals surface area contributed by atoms with E-state index in [4.69, 9.17) is 0 Å². The number of Topliss-reactive ketones (excluding diaryl/α,β-unsaturated/α-hetero) is 1. The number of rotatable bonds is 0. The molecule has 3 heteroatoms. The number of amides is 1. The zero-order chi connectivity index (χ0) is 10.5. The maximum Gasteiger partial charge on any atom is 0.223 e. The first-order valence-electron chi connectivity index (χ1n) is 6.09. The van der Waals surface area contributed by atoms with Gasteiger partial charge in [-0.2, -0.15) is 0 Å². The largest absolute Gasteiger partial charge is 0.330 e. The number of ketones is 1. The van der Waals surface area contributed by atoms with Gasteiger partial charge in [-0.15, -0.1) is 0 Å². The molecule has 15 heavy (non-hydrogen) atoms. The van der Waals surface area contributed by atoms with Gasteiger partial charge in [-0.3, -0.25) is 9.59 Å². The van der Waals surface area contributed by atoms with Crippen LogP contribution in [0.5, 0.6) is 0 Å². The summed E-state index contributed by atoms with van der Waals surface area (Å²) < 4.78 is 0. The van der Waals surface area contributed by atoms with Gasteiger partial charge in [-0.25, -0.2) is 0 Å². The molecule has 2 heterocycles. The summed E-state index contributed by atoms with van der Waals surface area (Å²) in [6, 6.07) is 0. The summed E-state index contributed by atoms with van der Waals surface area (Å²) in [7, 11) is 0. The standard InChI is InChI=1S/C12H17NO2/c14-10-5-4-9-3-1-2-8-13-11(15)6-7-12(9,10)13/h9H,1-8H2/t9-,12+/m0/s1. The second-order valence-corrected chi connectivity index (χ2v) is 5.12. The lowest BCUT2D eigenvalue weighted by atomic mass is 9.82. The molecule has 3 fully saturated rings. The van der Waals surface area contributed by atoms with Gasteiger partial charge in [0.2, 0.25) is 5.91 Å². The maximum atomic E-state index is 12.1. The Hall–Kier alpha value is -0.860. The Morgan fingerprint density at radius 3 is 2.87 bits per heavy atom. The first-order valence-corrected chi connectivity index (χ1v) is 6.09. The van der Waals surface area contributed by atoms with Gasteiger partial charge in [0.15, 0.2) is 5.78 Å². The Morgan fingerprint density at radius 2 is 2.00 bits per heavy atom. The van der Waals surface area contributed by atoms with Crippen molar-refractivity contribution in [2.24, 2.45) is 5.92 Å². The molecule has 0 aromatic heterocycles. The predicted molar refractivity (Wildman–Crippen MR) is 55.3 cm³/mol. The van der Waals surface area contributed by atoms with E-state index in [-0.39, 0.29) is 11.4 Å². The van der Waals surface area contributed by atoms with Crippen LogP contribution >= 0.6 is 0 Å². The highest BCUT2D eigenvalue weighted by atomic mass is 16.2. The van der Waals surface area contributed by atoms with Crippen molar-refractivity contribution in [1.29, 1.82) is 0 Å². The van der Waals surface area contributed by atoms with Gasteiger partial charge in [0.1, 0.15) is 5.54 Å². The van der Waals surface area contributed by atoms with E-state index in [0.29, 0.717) is 24.5 Å². The molecular formula is C12H17NO2. The van der Waals surface area contributed by atoms with Crippen molar-refractivity contribution in [2.45, 2.75) is 50.5 Å². The zero-order valence-corrected chi connectivity index (χ0v) is 9.00. The quantitative estimate of drug-likeness (QED) is 0.604. The molecule has 3 aliphatic rings. The number of hydrogen-bond donors (Lipinski definition) is 0. The minimum Gasteiger partial charge on any atom is -0.330 e. The number of hydrogen-bond acceptors (Lipinski definition) is 2. The van der Waals surface area contributed by atoms with Crippen LogP contribution in [0.4, 0.5) is 0 Å². The Balaban J connectivity index is 2.05. The molecule has 3 nitrogen and oxygen atoms in total. The van der Waals surface area contributed by atoms with E-state index < -0.39 is 0 Å². The van der Waals surface area contributed by atoms with Gasteiger partial charge in [0, 0.05) is 19.4 Å². The molecule has 2 saturated heterocycles. The van der Waals surface area contributed by atoms with Gasteiger partial charge in [0.05, 0.1) is 0 Å². The minimum atomic E-state index is -0.340. The molecule has 2 aliphatic heterocycles. The first kappa shape index (κ1) is 9.37. The smallest absolute Gasteiger partial charge is 0.223 e. The summed E-state index contributed by atoms with van der Waals surface area (Å²) in [6.45, 7) is 0.821. The molecule has 0 aromatic rings. The van der Waals surface area contributed by atoms with Crippen LogP contribution in [0.1, 0.15) is 44.9 Å². The summed E-state index contributed by atoms with van der Waals surface area (Å²) in [5.41, 5.74) is -0.340. The van der Waals surface area contributed by atoms with Crippen LogP contribution in [-0.4, -0.2) is 28.7 Å². The van der Waals surface area contributed by atoms with Crippen molar-refractivity contribution in [2.75, 3.05) is 6.54 Å². The Kier molecular flexibility index (Phi) is 1.91. The van der Waals surface area contributed by atoms with Crippen molar-refractivity contribution in [3.63, 3.8) is 0 Å². The van der Waals surface area contributed by atoms with Gasteiger partial charge >= 0.3 is 0 Å². The number of carbonyl (C=O) groups excluding carboxylic acids is 2. The lowest BCUT2D eigenvalue weighted by molar-refractivity contribution is -0.139. The normalized spacial score (nSPS) is 40.3. The second kappa shape index (κ2) is 3.06. The molecule has 1 saturated carbocycles.